The number of rotatable bonds is 1. The van der Waals surface area contributed by atoms with E-state index in [4.69, 9.17) is 0 Å². The molecule has 0 radical (unpaired) electrons. The number of hydrogen-bond acceptors (Lipinski definition) is 0. The number of hydrogen-bond donors (Lipinski definition) is 0. The number of halogens is 3. The van der Waals surface area contributed by atoms with E-state index in [1.807, 2.05) is 13.8 Å². The fraction of sp³-hybridized carbons (Fsp3) is 1.00. The average molecular weight is 142 g/mol. The van der Waals surface area contributed by atoms with E-state index in [0.717, 1.165) is 6.92 Å². The van der Waals surface area contributed by atoms with Gasteiger partial charge in [0.1, 0.15) is 0 Å². The second-order valence-electron chi connectivity index (χ2n) is 1.57. The van der Waals surface area contributed by atoms with Gasteiger partial charge in [-0.15, -0.1) is 0 Å². The fourth-order valence-corrected chi connectivity index (χ4v) is 0. The maximum atomic E-state index is 11.5. The van der Waals surface area contributed by atoms with Crippen molar-refractivity contribution in [3.05, 3.63) is 0 Å². The van der Waals surface area contributed by atoms with E-state index >= 15 is 0 Å². The third-order valence-corrected chi connectivity index (χ3v) is 0.698. The van der Waals surface area contributed by atoms with E-state index in [-0.39, 0.29) is 0 Å². The lowest BCUT2D eigenvalue weighted by Crippen LogP contribution is -2.21. The van der Waals surface area contributed by atoms with E-state index in [1.165, 1.54) is 0 Å². The highest BCUT2D eigenvalue weighted by atomic mass is 19.3. The van der Waals surface area contributed by atoms with Crippen LogP contribution in [0.2, 0.25) is 0 Å². The molecule has 3 heteroatoms. The van der Waals surface area contributed by atoms with Crippen LogP contribution < -0.4 is 0 Å². The topological polar surface area (TPSA) is 0 Å². The average Bonchev–Trinajstić information content (AvgIpc) is 1.69. The monoisotopic (exact) mass is 142 g/mol. The molecular weight excluding hydrogens is 129 g/mol. The summed E-state index contributed by atoms with van der Waals surface area (Å²) in [4.78, 5) is 0. The molecule has 0 aliphatic carbocycles. The lowest BCUT2D eigenvalue weighted by atomic mass is 10.3. The van der Waals surface area contributed by atoms with Crippen LogP contribution in [0, 0.1) is 0 Å². The Hall–Kier alpha value is -0.210. The zero-order valence-electron chi connectivity index (χ0n) is 6.21. The quantitative estimate of drug-likeness (QED) is 0.528. The van der Waals surface area contributed by atoms with Crippen LogP contribution in [0.5, 0.6) is 0 Å². The van der Waals surface area contributed by atoms with E-state index in [9.17, 15) is 13.2 Å². The van der Waals surface area contributed by atoms with Crippen LogP contribution in [-0.4, -0.2) is 12.1 Å². The molecule has 0 bridgehead atoms. The highest BCUT2D eigenvalue weighted by Crippen LogP contribution is 2.18. The summed E-state index contributed by atoms with van der Waals surface area (Å²) in [5, 5.41) is 0. The van der Waals surface area contributed by atoms with Crippen molar-refractivity contribution in [1.29, 1.82) is 0 Å². The van der Waals surface area contributed by atoms with Crippen molar-refractivity contribution in [3.63, 3.8) is 0 Å². The van der Waals surface area contributed by atoms with E-state index in [2.05, 4.69) is 0 Å². The van der Waals surface area contributed by atoms with Crippen molar-refractivity contribution in [2.45, 2.75) is 39.8 Å². The molecule has 0 spiro atoms. The summed E-state index contributed by atoms with van der Waals surface area (Å²) < 4.78 is 34.4. The molecule has 9 heavy (non-hydrogen) atoms. The molecule has 0 saturated heterocycles. The van der Waals surface area contributed by atoms with Crippen LogP contribution in [0.25, 0.3) is 0 Å². The predicted molar refractivity (Wildman–Crippen MR) is 32.5 cm³/mol. The Bertz CT molecular complexity index is 53.8. The first-order chi connectivity index (χ1) is 3.94. The van der Waals surface area contributed by atoms with Gasteiger partial charge in [-0.25, -0.2) is 13.2 Å². The van der Waals surface area contributed by atoms with Gasteiger partial charge in [0.15, 0.2) is 6.17 Å². The zero-order valence-corrected chi connectivity index (χ0v) is 6.21. The molecule has 0 aromatic rings. The molecule has 0 amide bonds. The molecule has 0 saturated carbocycles. The molecule has 0 fully saturated rings. The highest BCUT2D eigenvalue weighted by molar-refractivity contribution is 4.64. The van der Waals surface area contributed by atoms with Gasteiger partial charge in [0.25, 0.3) is 5.92 Å². The Labute approximate surface area is 54.1 Å². The van der Waals surface area contributed by atoms with Gasteiger partial charge in [-0.1, -0.05) is 13.8 Å². The van der Waals surface area contributed by atoms with Crippen LogP contribution in [0.4, 0.5) is 13.2 Å². The molecule has 0 aromatic heterocycles. The molecule has 0 aliphatic rings. The van der Waals surface area contributed by atoms with Crippen molar-refractivity contribution in [3.8, 4) is 0 Å². The van der Waals surface area contributed by atoms with Crippen molar-refractivity contribution in [2.24, 2.45) is 0 Å². The standard InChI is InChI=1S/C4H7F3.C2H6/c1-3(5)4(2,6)7;1-2/h3H,1-2H3;1-2H3. The van der Waals surface area contributed by atoms with E-state index in [0.29, 0.717) is 6.92 Å². The molecule has 0 aromatic carbocycles. The lowest BCUT2D eigenvalue weighted by molar-refractivity contribution is -0.0469. The molecule has 0 rings (SSSR count). The normalized spacial score (nSPS) is 13.7. The minimum absolute atomic E-state index is 0.553. The summed E-state index contributed by atoms with van der Waals surface area (Å²) in [6.45, 7) is 5.39. The second kappa shape index (κ2) is 4.65. The smallest absolute Gasteiger partial charge is 0.241 e. The van der Waals surface area contributed by atoms with Gasteiger partial charge < -0.3 is 0 Å². The summed E-state index contributed by atoms with van der Waals surface area (Å²) in [5.74, 6) is -3.17. The Kier molecular flexibility index (Phi) is 5.98. The molecular formula is C6H13F3. The third-order valence-electron chi connectivity index (χ3n) is 0.698. The number of alkyl halides is 3. The Morgan fingerprint density at radius 2 is 1.33 bits per heavy atom. The molecule has 0 nitrogen and oxygen atoms in total. The van der Waals surface area contributed by atoms with Gasteiger partial charge in [-0.05, 0) is 6.92 Å². The molecule has 0 heterocycles. The van der Waals surface area contributed by atoms with Crippen molar-refractivity contribution < 1.29 is 13.2 Å². The van der Waals surface area contributed by atoms with Gasteiger partial charge in [0, 0.05) is 6.92 Å². The summed E-state index contributed by atoms with van der Waals surface area (Å²) in [6, 6.07) is 0. The third kappa shape index (κ3) is 7.79. The van der Waals surface area contributed by atoms with Gasteiger partial charge in [0.2, 0.25) is 0 Å². The lowest BCUT2D eigenvalue weighted by Gasteiger charge is -2.09. The van der Waals surface area contributed by atoms with Crippen LogP contribution in [0.1, 0.15) is 27.7 Å². The zero-order chi connectivity index (χ0) is 8.08. The first kappa shape index (κ1) is 11.6. The van der Waals surface area contributed by atoms with Gasteiger partial charge in [0.05, 0.1) is 0 Å². The summed E-state index contributed by atoms with van der Waals surface area (Å²) >= 11 is 0. The maximum Gasteiger partial charge on any atom is 0.275 e. The Balaban J connectivity index is 0. The van der Waals surface area contributed by atoms with E-state index in [1.54, 1.807) is 0 Å². The first-order valence-corrected chi connectivity index (χ1v) is 2.96. The molecule has 0 N–H and O–H groups in total. The maximum absolute atomic E-state index is 11.5. The summed E-state index contributed by atoms with van der Waals surface area (Å²) in [7, 11) is 0. The van der Waals surface area contributed by atoms with Gasteiger partial charge in [-0.3, -0.25) is 0 Å². The van der Waals surface area contributed by atoms with Crippen LogP contribution >= 0.6 is 0 Å². The molecule has 58 valence electrons. The SMILES string of the molecule is CC.CC(F)C(C)(F)F. The first-order valence-electron chi connectivity index (χ1n) is 2.96. The highest BCUT2D eigenvalue weighted by Gasteiger charge is 2.29. The van der Waals surface area contributed by atoms with Crippen LogP contribution in [-0.2, 0) is 0 Å². The van der Waals surface area contributed by atoms with Gasteiger partial charge in [-0.2, -0.15) is 0 Å². The molecule has 0 aliphatic heterocycles. The van der Waals surface area contributed by atoms with E-state index < -0.39 is 12.1 Å². The molecule has 1 unspecified atom stereocenters. The summed E-state index contributed by atoms with van der Waals surface area (Å²) in [6.07, 6.45) is -2.03. The summed E-state index contributed by atoms with van der Waals surface area (Å²) in [5.41, 5.74) is 0. The fourth-order valence-electron chi connectivity index (χ4n) is 0. The Morgan fingerprint density at radius 3 is 1.33 bits per heavy atom. The van der Waals surface area contributed by atoms with Crippen molar-refractivity contribution >= 4 is 0 Å². The van der Waals surface area contributed by atoms with Gasteiger partial charge >= 0.3 is 0 Å². The Morgan fingerprint density at radius 1 is 1.22 bits per heavy atom. The van der Waals surface area contributed by atoms with Crippen molar-refractivity contribution in [2.75, 3.05) is 0 Å². The van der Waals surface area contributed by atoms with Crippen LogP contribution in [0.15, 0.2) is 0 Å². The van der Waals surface area contributed by atoms with Crippen molar-refractivity contribution in [1.82, 2.24) is 0 Å². The van der Waals surface area contributed by atoms with Crippen LogP contribution in [0.3, 0.4) is 0 Å². The second-order valence-corrected chi connectivity index (χ2v) is 1.57. The molecule has 1 atom stereocenters. The minimum atomic E-state index is -3.17. The largest absolute Gasteiger partial charge is 0.275 e. The predicted octanol–water partition coefficient (Wildman–Crippen LogP) is 3.03. The minimum Gasteiger partial charge on any atom is -0.241 e.